The van der Waals surface area contributed by atoms with E-state index < -0.39 is 0 Å². The van der Waals surface area contributed by atoms with Crippen LogP contribution >= 0.6 is 0 Å². The molecule has 1 saturated carbocycles. The van der Waals surface area contributed by atoms with Gasteiger partial charge in [0.2, 0.25) is 0 Å². The summed E-state index contributed by atoms with van der Waals surface area (Å²) in [5, 5.41) is 8.92. The number of nitriles is 1. The van der Waals surface area contributed by atoms with Crippen molar-refractivity contribution in [2.24, 2.45) is 11.8 Å². The van der Waals surface area contributed by atoms with Crippen LogP contribution in [0.3, 0.4) is 0 Å². The molecule has 1 aliphatic rings. The molecule has 0 amide bonds. The molecule has 152 valence electrons. The van der Waals surface area contributed by atoms with Gasteiger partial charge in [0.25, 0.3) is 0 Å². The smallest absolute Gasteiger partial charge is 0.0991 e. The average Bonchev–Trinajstić information content (AvgIpc) is 2.78. The molecule has 0 radical (unpaired) electrons. The maximum absolute atomic E-state index is 8.92. The summed E-state index contributed by atoms with van der Waals surface area (Å²) in [5.74, 6) is 1.82. The van der Waals surface area contributed by atoms with Gasteiger partial charge in [0.15, 0.2) is 0 Å². The molecular weight excluding hydrogens is 350 g/mol. The first kappa shape index (κ1) is 21.4. The van der Waals surface area contributed by atoms with Crippen molar-refractivity contribution in [1.29, 1.82) is 5.26 Å². The van der Waals surface area contributed by atoms with E-state index in [4.69, 9.17) is 5.26 Å². The number of hydrogen-bond acceptors (Lipinski definition) is 1. The molecule has 1 nitrogen and oxygen atoms in total. The summed E-state index contributed by atoms with van der Waals surface area (Å²) in [6.07, 6.45) is 18.5. The summed E-state index contributed by atoms with van der Waals surface area (Å²) in [6.45, 7) is 2.30. The fourth-order valence-corrected chi connectivity index (χ4v) is 4.49. The highest BCUT2D eigenvalue weighted by Gasteiger charge is 2.18. The first-order chi connectivity index (χ1) is 14.3. The number of hydrogen-bond donors (Lipinski definition) is 0. The van der Waals surface area contributed by atoms with Crippen molar-refractivity contribution >= 4 is 0 Å². The normalized spacial score (nSPS) is 19.3. The molecular formula is C28H35N. The largest absolute Gasteiger partial charge is 0.192 e. The number of aryl methyl sites for hydroxylation is 1. The standard InChI is InChI=1S/C28H35N/c1-2-3-4-7-23-10-12-24(13-11-23)8-5-6-9-25-14-18-27(19-15-25)28-20-16-26(22-29)17-21-28/h5,8,14-21,23-24H,2-4,6-7,9-13H2,1H3/b8-5+/t23-,24-. The van der Waals surface area contributed by atoms with Crippen LogP contribution in [0, 0.1) is 23.2 Å². The fourth-order valence-electron chi connectivity index (χ4n) is 4.49. The second kappa shape index (κ2) is 11.6. The lowest BCUT2D eigenvalue weighted by Gasteiger charge is -2.26. The zero-order valence-corrected chi connectivity index (χ0v) is 17.9. The quantitative estimate of drug-likeness (QED) is 0.316. The predicted octanol–water partition coefficient (Wildman–Crippen LogP) is 8.10. The molecule has 0 heterocycles. The second-order valence-electron chi connectivity index (χ2n) is 8.63. The summed E-state index contributed by atoms with van der Waals surface area (Å²) in [4.78, 5) is 0. The van der Waals surface area contributed by atoms with Gasteiger partial charge in [-0.3, -0.25) is 0 Å². The Morgan fingerprint density at radius 3 is 2.17 bits per heavy atom. The second-order valence-corrected chi connectivity index (χ2v) is 8.63. The number of allylic oxidation sites excluding steroid dienone is 2. The fraction of sp³-hybridized carbons (Fsp3) is 0.464. The van der Waals surface area contributed by atoms with Crippen molar-refractivity contribution in [3.05, 3.63) is 71.8 Å². The van der Waals surface area contributed by atoms with Gasteiger partial charge < -0.3 is 0 Å². The molecule has 0 spiro atoms. The van der Waals surface area contributed by atoms with Crippen LogP contribution in [-0.2, 0) is 6.42 Å². The van der Waals surface area contributed by atoms with Crippen LogP contribution in [0.25, 0.3) is 11.1 Å². The molecule has 0 bridgehead atoms. The van der Waals surface area contributed by atoms with Gasteiger partial charge in [-0.1, -0.05) is 81.2 Å². The number of unbranched alkanes of at least 4 members (excludes halogenated alkanes) is 2. The van der Waals surface area contributed by atoms with Crippen molar-refractivity contribution in [3.8, 4) is 17.2 Å². The highest BCUT2D eigenvalue weighted by molar-refractivity contribution is 5.64. The molecule has 1 heteroatoms. The van der Waals surface area contributed by atoms with Gasteiger partial charge in [0.05, 0.1) is 11.6 Å². The molecule has 0 aromatic heterocycles. The lowest BCUT2D eigenvalue weighted by Crippen LogP contribution is -2.13. The first-order valence-corrected chi connectivity index (χ1v) is 11.5. The third-order valence-corrected chi connectivity index (χ3v) is 6.42. The van der Waals surface area contributed by atoms with Gasteiger partial charge in [-0.05, 0) is 79.2 Å². The number of rotatable bonds is 9. The lowest BCUT2D eigenvalue weighted by atomic mass is 9.79. The Morgan fingerprint density at radius 2 is 1.55 bits per heavy atom. The Labute approximate surface area is 177 Å². The number of nitrogens with zero attached hydrogens (tertiary/aromatic N) is 1. The van der Waals surface area contributed by atoms with Gasteiger partial charge in [0, 0.05) is 0 Å². The van der Waals surface area contributed by atoms with Crippen LogP contribution in [0.4, 0.5) is 0 Å². The van der Waals surface area contributed by atoms with E-state index in [2.05, 4.69) is 49.4 Å². The van der Waals surface area contributed by atoms with Crippen molar-refractivity contribution in [2.75, 3.05) is 0 Å². The summed E-state index contributed by atoms with van der Waals surface area (Å²) in [6, 6.07) is 18.8. The van der Waals surface area contributed by atoms with E-state index in [1.807, 2.05) is 24.3 Å². The molecule has 1 fully saturated rings. The Kier molecular flexibility index (Phi) is 8.57. The molecule has 1 aliphatic carbocycles. The molecule has 29 heavy (non-hydrogen) atoms. The Bertz CT molecular complexity index is 784. The SMILES string of the molecule is CCCCC[C@H]1CC[C@H](/C=C/CCc2ccc(-c3ccc(C#N)cc3)cc2)CC1. The third-order valence-electron chi connectivity index (χ3n) is 6.42. The van der Waals surface area contributed by atoms with Crippen molar-refractivity contribution in [1.82, 2.24) is 0 Å². The van der Waals surface area contributed by atoms with Crippen LogP contribution in [0.2, 0.25) is 0 Å². The minimum absolute atomic E-state index is 0.710. The van der Waals surface area contributed by atoms with Crippen LogP contribution in [-0.4, -0.2) is 0 Å². The van der Waals surface area contributed by atoms with Crippen LogP contribution in [0.15, 0.2) is 60.7 Å². The molecule has 2 aromatic carbocycles. The highest BCUT2D eigenvalue weighted by Crippen LogP contribution is 2.32. The van der Waals surface area contributed by atoms with Gasteiger partial charge >= 0.3 is 0 Å². The Balaban J connectivity index is 1.39. The van der Waals surface area contributed by atoms with Crippen LogP contribution in [0.5, 0.6) is 0 Å². The van der Waals surface area contributed by atoms with Crippen LogP contribution in [0.1, 0.15) is 75.8 Å². The summed E-state index contributed by atoms with van der Waals surface area (Å²) < 4.78 is 0. The van der Waals surface area contributed by atoms with E-state index in [-0.39, 0.29) is 0 Å². The maximum Gasteiger partial charge on any atom is 0.0991 e. The molecule has 0 atom stereocenters. The van der Waals surface area contributed by atoms with Crippen molar-refractivity contribution < 1.29 is 0 Å². The van der Waals surface area contributed by atoms with Gasteiger partial charge in [0.1, 0.15) is 0 Å². The first-order valence-electron chi connectivity index (χ1n) is 11.5. The van der Waals surface area contributed by atoms with Gasteiger partial charge in [-0.2, -0.15) is 5.26 Å². The number of benzene rings is 2. The summed E-state index contributed by atoms with van der Waals surface area (Å²) in [7, 11) is 0. The topological polar surface area (TPSA) is 23.8 Å². The summed E-state index contributed by atoms with van der Waals surface area (Å²) >= 11 is 0. The van der Waals surface area contributed by atoms with Gasteiger partial charge in [-0.25, -0.2) is 0 Å². The minimum atomic E-state index is 0.710. The molecule has 0 saturated heterocycles. The lowest BCUT2D eigenvalue weighted by molar-refractivity contribution is 0.289. The predicted molar refractivity (Wildman–Crippen MR) is 124 cm³/mol. The average molecular weight is 386 g/mol. The van der Waals surface area contributed by atoms with E-state index in [0.29, 0.717) is 5.56 Å². The third kappa shape index (κ3) is 6.90. The monoisotopic (exact) mass is 385 g/mol. The van der Waals surface area contributed by atoms with Crippen molar-refractivity contribution in [3.63, 3.8) is 0 Å². The highest BCUT2D eigenvalue weighted by atomic mass is 14.2. The van der Waals surface area contributed by atoms with Crippen molar-refractivity contribution in [2.45, 2.75) is 71.1 Å². The molecule has 0 aliphatic heterocycles. The zero-order valence-electron chi connectivity index (χ0n) is 17.9. The maximum atomic E-state index is 8.92. The molecule has 2 aromatic rings. The Morgan fingerprint density at radius 1 is 0.897 bits per heavy atom. The molecule has 0 N–H and O–H groups in total. The summed E-state index contributed by atoms with van der Waals surface area (Å²) in [5.41, 5.74) is 4.49. The van der Waals surface area contributed by atoms with Crippen LogP contribution < -0.4 is 0 Å². The zero-order chi connectivity index (χ0) is 20.3. The van der Waals surface area contributed by atoms with E-state index in [0.717, 1.165) is 24.7 Å². The van der Waals surface area contributed by atoms with E-state index in [1.54, 1.807) is 0 Å². The van der Waals surface area contributed by atoms with E-state index in [9.17, 15) is 0 Å². The van der Waals surface area contributed by atoms with E-state index >= 15 is 0 Å². The molecule has 3 rings (SSSR count). The molecule has 0 unspecified atom stereocenters. The van der Waals surface area contributed by atoms with E-state index in [1.165, 1.54) is 68.1 Å². The van der Waals surface area contributed by atoms with Gasteiger partial charge in [-0.15, -0.1) is 0 Å². The Hall–Kier alpha value is -2.33. The minimum Gasteiger partial charge on any atom is -0.192 e.